The maximum absolute atomic E-state index is 13.3. The summed E-state index contributed by atoms with van der Waals surface area (Å²) in [6.07, 6.45) is 3.74. The van der Waals surface area contributed by atoms with Gasteiger partial charge in [-0.05, 0) is 41.8 Å². The fraction of sp³-hybridized carbons (Fsp3) is 0.294. The molecule has 0 aliphatic carbocycles. The minimum absolute atomic E-state index is 0.00545. The van der Waals surface area contributed by atoms with Gasteiger partial charge in [0.15, 0.2) is 0 Å². The molecule has 2 heterocycles. The number of pyridine rings is 1. The molecule has 1 aliphatic rings. The van der Waals surface area contributed by atoms with Crippen molar-refractivity contribution in [3.63, 3.8) is 0 Å². The topological polar surface area (TPSA) is 33.2 Å². The van der Waals surface area contributed by atoms with Crippen molar-refractivity contribution in [2.45, 2.75) is 25.8 Å². The summed E-state index contributed by atoms with van der Waals surface area (Å²) in [5, 5.41) is 0. The Balaban J connectivity index is 1.77. The van der Waals surface area contributed by atoms with Crippen molar-refractivity contribution < 1.29 is 13.6 Å². The molecule has 3 nitrogen and oxygen atoms in total. The van der Waals surface area contributed by atoms with E-state index in [9.17, 15) is 13.6 Å². The van der Waals surface area contributed by atoms with Crippen LogP contribution in [0.2, 0.25) is 0 Å². The number of benzene rings is 1. The standard InChI is InChI=1S/C17H16F2N2O/c1-11-8-20-3-2-12(11)9-21-10-14(6-17(21)22)13-4-15(18)7-16(19)5-13/h2-5,7-8,14H,6,9-10H2,1H3. The van der Waals surface area contributed by atoms with Crippen LogP contribution in [0.25, 0.3) is 0 Å². The number of hydrogen-bond acceptors (Lipinski definition) is 2. The Morgan fingerprint density at radius 2 is 2.00 bits per heavy atom. The number of rotatable bonds is 3. The Labute approximate surface area is 127 Å². The molecule has 3 rings (SSSR count). The highest BCUT2D eigenvalue weighted by Crippen LogP contribution is 2.30. The lowest BCUT2D eigenvalue weighted by Crippen LogP contribution is -2.24. The third-order valence-corrected chi connectivity index (χ3v) is 4.07. The first-order valence-electron chi connectivity index (χ1n) is 7.16. The largest absolute Gasteiger partial charge is 0.338 e. The number of aromatic nitrogens is 1. The molecule has 1 unspecified atom stereocenters. The molecule has 0 N–H and O–H groups in total. The lowest BCUT2D eigenvalue weighted by atomic mass is 9.98. The molecule has 1 amide bonds. The SMILES string of the molecule is Cc1cnccc1CN1CC(c2cc(F)cc(F)c2)CC1=O. The van der Waals surface area contributed by atoms with Gasteiger partial charge in [0.05, 0.1) is 0 Å². The van der Waals surface area contributed by atoms with Gasteiger partial charge in [0.2, 0.25) is 5.91 Å². The molecule has 1 aliphatic heterocycles. The molecule has 2 aromatic rings. The van der Waals surface area contributed by atoms with Gasteiger partial charge < -0.3 is 4.90 Å². The van der Waals surface area contributed by atoms with E-state index in [1.165, 1.54) is 12.1 Å². The lowest BCUT2D eigenvalue weighted by molar-refractivity contribution is -0.128. The summed E-state index contributed by atoms with van der Waals surface area (Å²) in [4.78, 5) is 17.9. The van der Waals surface area contributed by atoms with Crippen LogP contribution in [-0.4, -0.2) is 22.3 Å². The van der Waals surface area contributed by atoms with E-state index in [1.807, 2.05) is 13.0 Å². The van der Waals surface area contributed by atoms with Crippen molar-refractivity contribution in [3.05, 3.63) is 65.0 Å². The highest BCUT2D eigenvalue weighted by atomic mass is 19.1. The van der Waals surface area contributed by atoms with Gasteiger partial charge in [-0.1, -0.05) is 0 Å². The first-order valence-corrected chi connectivity index (χ1v) is 7.16. The number of aryl methyl sites for hydroxylation is 1. The molecule has 114 valence electrons. The predicted molar refractivity (Wildman–Crippen MR) is 78.1 cm³/mol. The first-order chi connectivity index (χ1) is 10.5. The Hall–Kier alpha value is -2.30. The zero-order valence-electron chi connectivity index (χ0n) is 12.2. The number of nitrogens with zero attached hydrogens (tertiary/aromatic N) is 2. The van der Waals surface area contributed by atoms with E-state index in [1.54, 1.807) is 17.3 Å². The Morgan fingerprint density at radius 3 is 2.68 bits per heavy atom. The molecule has 1 atom stereocenters. The van der Waals surface area contributed by atoms with Crippen molar-refractivity contribution in [2.24, 2.45) is 0 Å². The molecule has 1 saturated heterocycles. The summed E-state index contributed by atoms with van der Waals surface area (Å²) >= 11 is 0. The van der Waals surface area contributed by atoms with Crippen LogP contribution in [-0.2, 0) is 11.3 Å². The summed E-state index contributed by atoms with van der Waals surface area (Å²) in [5.41, 5.74) is 2.60. The van der Waals surface area contributed by atoms with Gasteiger partial charge in [0, 0.05) is 43.9 Å². The molecule has 1 aromatic carbocycles. The number of likely N-dealkylation sites (tertiary alicyclic amines) is 1. The minimum Gasteiger partial charge on any atom is -0.338 e. The van der Waals surface area contributed by atoms with Gasteiger partial charge in [0.25, 0.3) is 0 Å². The molecule has 5 heteroatoms. The van der Waals surface area contributed by atoms with Crippen molar-refractivity contribution in [1.82, 2.24) is 9.88 Å². The average molecular weight is 302 g/mol. The fourth-order valence-electron chi connectivity index (χ4n) is 2.84. The highest BCUT2D eigenvalue weighted by Gasteiger charge is 2.31. The van der Waals surface area contributed by atoms with Crippen LogP contribution in [0.4, 0.5) is 8.78 Å². The molecule has 0 radical (unpaired) electrons. The molecular weight excluding hydrogens is 286 g/mol. The fourth-order valence-corrected chi connectivity index (χ4v) is 2.84. The van der Waals surface area contributed by atoms with Crippen LogP contribution in [0.5, 0.6) is 0 Å². The number of halogens is 2. The third kappa shape index (κ3) is 2.98. The number of amides is 1. The van der Waals surface area contributed by atoms with Gasteiger partial charge >= 0.3 is 0 Å². The molecular formula is C17H16F2N2O. The van der Waals surface area contributed by atoms with E-state index in [0.29, 0.717) is 18.7 Å². The molecule has 0 spiro atoms. The average Bonchev–Trinajstić information content (AvgIpc) is 2.82. The quantitative estimate of drug-likeness (QED) is 0.872. The smallest absolute Gasteiger partial charge is 0.223 e. The second kappa shape index (κ2) is 5.83. The Kier molecular flexibility index (Phi) is 3.88. The maximum Gasteiger partial charge on any atom is 0.223 e. The van der Waals surface area contributed by atoms with Crippen LogP contribution in [0.3, 0.4) is 0 Å². The van der Waals surface area contributed by atoms with Gasteiger partial charge in [0.1, 0.15) is 11.6 Å². The predicted octanol–water partition coefficient (Wildman–Crippen LogP) is 3.18. The first kappa shape index (κ1) is 14.6. The van der Waals surface area contributed by atoms with Gasteiger partial charge in [-0.3, -0.25) is 9.78 Å². The van der Waals surface area contributed by atoms with Crippen molar-refractivity contribution >= 4 is 5.91 Å². The number of carbonyl (C=O) groups excluding carboxylic acids is 1. The van der Waals surface area contributed by atoms with Gasteiger partial charge in [-0.2, -0.15) is 0 Å². The second-order valence-corrected chi connectivity index (χ2v) is 5.68. The van der Waals surface area contributed by atoms with Crippen LogP contribution in [0.1, 0.15) is 29.0 Å². The number of hydrogen-bond donors (Lipinski definition) is 0. The third-order valence-electron chi connectivity index (χ3n) is 4.07. The summed E-state index contributed by atoms with van der Waals surface area (Å²) in [5.74, 6) is -1.37. The molecule has 0 saturated carbocycles. The second-order valence-electron chi connectivity index (χ2n) is 5.68. The van der Waals surface area contributed by atoms with Crippen molar-refractivity contribution in [3.8, 4) is 0 Å². The van der Waals surface area contributed by atoms with E-state index >= 15 is 0 Å². The highest BCUT2D eigenvalue weighted by molar-refractivity contribution is 5.79. The van der Waals surface area contributed by atoms with E-state index in [0.717, 1.165) is 17.2 Å². The summed E-state index contributed by atoms with van der Waals surface area (Å²) in [6.45, 7) is 2.92. The maximum atomic E-state index is 13.3. The zero-order valence-corrected chi connectivity index (χ0v) is 12.2. The van der Waals surface area contributed by atoms with E-state index in [2.05, 4.69) is 4.98 Å². The van der Waals surface area contributed by atoms with Crippen LogP contribution >= 0.6 is 0 Å². The van der Waals surface area contributed by atoms with E-state index in [-0.39, 0.29) is 18.2 Å². The Morgan fingerprint density at radius 1 is 1.27 bits per heavy atom. The molecule has 1 fully saturated rings. The van der Waals surface area contributed by atoms with Crippen LogP contribution in [0, 0.1) is 18.6 Å². The van der Waals surface area contributed by atoms with Crippen LogP contribution in [0.15, 0.2) is 36.7 Å². The van der Waals surface area contributed by atoms with E-state index in [4.69, 9.17) is 0 Å². The lowest BCUT2D eigenvalue weighted by Gasteiger charge is -2.18. The summed E-state index contributed by atoms with van der Waals surface area (Å²) < 4.78 is 26.7. The normalized spacial score (nSPS) is 18.0. The van der Waals surface area contributed by atoms with E-state index < -0.39 is 11.6 Å². The van der Waals surface area contributed by atoms with Crippen LogP contribution < -0.4 is 0 Å². The van der Waals surface area contributed by atoms with Gasteiger partial charge in [-0.15, -0.1) is 0 Å². The Bertz CT molecular complexity index is 697. The van der Waals surface area contributed by atoms with Crippen molar-refractivity contribution in [1.29, 1.82) is 0 Å². The number of carbonyl (C=O) groups is 1. The zero-order chi connectivity index (χ0) is 15.7. The van der Waals surface area contributed by atoms with Gasteiger partial charge in [-0.25, -0.2) is 8.78 Å². The minimum atomic E-state index is -0.606. The molecule has 22 heavy (non-hydrogen) atoms. The van der Waals surface area contributed by atoms with Crippen molar-refractivity contribution in [2.75, 3.05) is 6.54 Å². The summed E-state index contributed by atoms with van der Waals surface area (Å²) in [6, 6.07) is 5.35. The molecule has 1 aromatic heterocycles. The summed E-state index contributed by atoms with van der Waals surface area (Å²) in [7, 11) is 0. The monoisotopic (exact) mass is 302 g/mol. The molecule has 0 bridgehead atoms.